The van der Waals surface area contributed by atoms with Crippen LogP contribution in [0.1, 0.15) is 57.4 Å². The van der Waals surface area contributed by atoms with Crippen LogP contribution in [0.15, 0.2) is 30.3 Å². The zero-order valence-corrected chi connectivity index (χ0v) is 12.1. The monoisotopic (exact) mass is 276 g/mol. The van der Waals surface area contributed by atoms with Gasteiger partial charge in [0.1, 0.15) is 0 Å². The molecule has 1 aromatic carbocycles. The summed E-state index contributed by atoms with van der Waals surface area (Å²) >= 11 is 0. The lowest BCUT2D eigenvalue weighted by Gasteiger charge is -2.40. The van der Waals surface area contributed by atoms with Crippen LogP contribution in [0.4, 0.5) is 0 Å². The third-order valence-electron chi connectivity index (χ3n) is 4.75. The van der Waals surface area contributed by atoms with Gasteiger partial charge in [-0.2, -0.15) is 0 Å². The largest absolute Gasteiger partial charge is 0.481 e. The average Bonchev–Trinajstić information content (AvgIpc) is 2.46. The zero-order chi connectivity index (χ0) is 14.6. The van der Waals surface area contributed by atoms with Crippen molar-refractivity contribution >= 4 is 5.97 Å². The number of aliphatic carboxylic acids is 1. The number of carboxylic acids is 1. The van der Waals surface area contributed by atoms with Gasteiger partial charge in [-0.15, -0.1) is 0 Å². The number of hydrogen-bond donors (Lipinski definition) is 2. The fraction of sp³-hybridized carbons (Fsp3) is 0.588. The summed E-state index contributed by atoms with van der Waals surface area (Å²) in [5, 5.41) is 20.6. The summed E-state index contributed by atoms with van der Waals surface area (Å²) in [6.07, 6.45) is 5.36. The Kier molecular flexibility index (Phi) is 4.48. The zero-order valence-electron chi connectivity index (χ0n) is 12.1. The van der Waals surface area contributed by atoms with Crippen molar-refractivity contribution in [2.24, 2.45) is 0 Å². The van der Waals surface area contributed by atoms with E-state index in [1.165, 1.54) is 0 Å². The quantitative estimate of drug-likeness (QED) is 0.865. The van der Waals surface area contributed by atoms with Crippen LogP contribution in [-0.2, 0) is 10.2 Å². The van der Waals surface area contributed by atoms with E-state index in [0.29, 0.717) is 12.8 Å². The predicted octanol–water partition coefficient (Wildman–Crippen LogP) is 3.50. The maximum Gasteiger partial charge on any atom is 0.314 e. The second-order valence-corrected chi connectivity index (χ2v) is 6.07. The third kappa shape index (κ3) is 2.88. The van der Waals surface area contributed by atoms with Crippen molar-refractivity contribution in [1.82, 2.24) is 0 Å². The van der Waals surface area contributed by atoms with Gasteiger partial charge in [0.2, 0.25) is 0 Å². The Balaban J connectivity index is 2.35. The van der Waals surface area contributed by atoms with Gasteiger partial charge in [0.25, 0.3) is 0 Å². The standard InChI is InChI=1S/C17H24O3/c1-2-17(15(18)19,14-9-5-3-6-10-14)13-16(20)11-7-4-8-12-16/h3,5-6,9-10,20H,2,4,7-8,11-13H2,1H3,(H,18,19). The molecule has 0 aromatic heterocycles. The first kappa shape index (κ1) is 15.0. The van der Waals surface area contributed by atoms with E-state index in [1.54, 1.807) is 0 Å². The average molecular weight is 276 g/mol. The number of carbonyl (C=O) groups is 1. The molecule has 3 nitrogen and oxygen atoms in total. The molecule has 1 saturated carbocycles. The summed E-state index contributed by atoms with van der Waals surface area (Å²) in [6, 6.07) is 9.36. The van der Waals surface area contributed by atoms with E-state index in [2.05, 4.69) is 0 Å². The molecule has 0 spiro atoms. The summed E-state index contributed by atoms with van der Waals surface area (Å²) in [5.41, 5.74) is -1.01. The van der Waals surface area contributed by atoms with Gasteiger partial charge in [0.15, 0.2) is 0 Å². The summed E-state index contributed by atoms with van der Waals surface area (Å²) in [7, 11) is 0. The summed E-state index contributed by atoms with van der Waals surface area (Å²) in [6.45, 7) is 1.90. The molecule has 0 saturated heterocycles. The number of carboxylic acid groups (broad SMARTS) is 1. The van der Waals surface area contributed by atoms with Crippen LogP contribution in [0.3, 0.4) is 0 Å². The molecule has 0 aliphatic heterocycles. The minimum atomic E-state index is -0.979. The van der Waals surface area contributed by atoms with E-state index in [4.69, 9.17) is 0 Å². The molecule has 0 bridgehead atoms. The van der Waals surface area contributed by atoms with Crippen LogP contribution < -0.4 is 0 Å². The highest BCUT2D eigenvalue weighted by molar-refractivity contribution is 5.81. The number of rotatable bonds is 5. The Morgan fingerprint density at radius 3 is 2.30 bits per heavy atom. The first-order chi connectivity index (χ1) is 9.52. The highest BCUT2D eigenvalue weighted by atomic mass is 16.4. The predicted molar refractivity (Wildman–Crippen MR) is 78.7 cm³/mol. The Morgan fingerprint density at radius 2 is 1.80 bits per heavy atom. The fourth-order valence-corrected chi connectivity index (χ4v) is 3.49. The Labute approximate surface area is 120 Å². The van der Waals surface area contributed by atoms with E-state index >= 15 is 0 Å². The molecule has 3 heteroatoms. The van der Waals surface area contributed by atoms with Gasteiger partial charge in [0.05, 0.1) is 11.0 Å². The van der Waals surface area contributed by atoms with Gasteiger partial charge < -0.3 is 10.2 Å². The highest BCUT2D eigenvalue weighted by Gasteiger charge is 2.46. The molecule has 2 rings (SSSR count). The van der Waals surface area contributed by atoms with Crippen molar-refractivity contribution in [3.8, 4) is 0 Å². The van der Waals surface area contributed by atoms with Gasteiger partial charge in [0, 0.05) is 0 Å². The molecule has 1 atom stereocenters. The van der Waals surface area contributed by atoms with Crippen LogP contribution in [0.2, 0.25) is 0 Å². The van der Waals surface area contributed by atoms with Crippen molar-refractivity contribution < 1.29 is 15.0 Å². The van der Waals surface area contributed by atoms with Crippen molar-refractivity contribution in [2.45, 2.75) is 62.9 Å². The van der Waals surface area contributed by atoms with Crippen LogP contribution in [-0.4, -0.2) is 21.8 Å². The molecule has 110 valence electrons. The SMILES string of the molecule is CCC(CC1(O)CCCCC1)(C(=O)O)c1ccccc1. The van der Waals surface area contributed by atoms with Crippen molar-refractivity contribution in [3.63, 3.8) is 0 Å². The van der Waals surface area contributed by atoms with Crippen molar-refractivity contribution in [1.29, 1.82) is 0 Å². The number of aliphatic hydroxyl groups is 1. The van der Waals surface area contributed by atoms with Crippen molar-refractivity contribution in [3.05, 3.63) is 35.9 Å². The summed E-state index contributed by atoms with van der Waals surface area (Å²) in [4.78, 5) is 12.0. The van der Waals surface area contributed by atoms with Crippen LogP contribution in [0.5, 0.6) is 0 Å². The van der Waals surface area contributed by atoms with Gasteiger partial charge in [-0.3, -0.25) is 4.79 Å². The van der Waals surface area contributed by atoms with E-state index in [-0.39, 0.29) is 0 Å². The summed E-state index contributed by atoms with van der Waals surface area (Å²) < 4.78 is 0. The van der Waals surface area contributed by atoms with E-state index in [9.17, 15) is 15.0 Å². The van der Waals surface area contributed by atoms with E-state index in [1.807, 2.05) is 37.3 Å². The lowest BCUT2D eigenvalue weighted by Crippen LogP contribution is -2.45. The molecule has 1 aliphatic carbocycles. The molecule has 1 fully saturated rings. The Morgan fingerprint density at radius 1 is 1.20 bits per heavy atom. The Hall–Kier alpha value is -1.35. The lowest BCUT2D eigenvalue weighted by molar-refractivity contribution is -0.148. The lowest BCUT2D eigenvalue weighted by atomic mass is 9.67. The molecule has 0 amide bonds. The topological polar surface area (TPSA) is 57.5 Å². The second-order valence-electron chi connectivity index (χ2n) is 6.07. The van der Waals surface area contributed by atoms with Crippen molar-refractivity contribution in [2.75, 3.05) is 0 Å². The molecule has 0 heterocycles. The van der Waals surface area contributed by atoms with Crippen LogP contribution >= 0.6 is 0 Å². The molecule has 1 aromatic rings. The van der Waals surface area contributed by atoms with E-state index in [0.717, 1.165) is 37.7 Å². The second kappa shape index (κ2) is 5.96. The highest BCUT2D eigenvalue weighted by Crippen LogP contribution is 2.42. The maximum absolute atomic E-state index is 12.0. The molecule has 2 N–H and O–H groups in total. The Bertz CT molecular complexity index is 449. The molecule has 0 radical (unpaired) electrons. The first-order valence-corrected chi connectivity index (χ1v) is 7.54. The van der Waals surface area contributed by atoms with Gasteiger partial charge in [-0.1, -0.05) is 56.5 Å². The molecule has 20 heavy (non-hydrogen) atoms. The first-order valence-electron chi connectivity index (χ1n) is 7.54. The van der Waals surface area contributed by atoms with Gasteiger partial charge in [-0.25, -0.2) is 0 Å². The van der Waals surface area contributed by atoms with Gasteiger partial charge in [-0.05, 0) is 31.2 Å². The minimum absolute atomic E-state index is 0.315. The molecular weight excluding hydrogens is 252 g/mol. The fourth-order valence-electron chi connectivity index (χ4n) is 3.49. The summed E-state index contributed by atoms with van der Waals surface area (Å²) in [5.74, 6) is -0.829. The minimum Gasteiger partial charge on any atom is -0.481 e. The maximum atomic E-state index is 12.0. The van der Waals surface area contributed by atoms with Crippen LogP contribution in [0.25, 0.3) is 0 Å². The third-order valence-corrected chi connectivity index (χ3v) is 4.75. The molecular formula is C17H24O3. The van der Waals surface area contributed by atoms with E-state index < -0.39 is 17.0 Å². The van der Waals surface area contributed by atoms with Crippen LogP contribution in [0, 0.1) is 0 Å². The smallest absolute Gasteiger partial charge is 0.314 e. The number of hydrogen-bond acceptors (Lipinski definition) is 2. The van der Waals surface area contributed by atoms with Gasteiger partial charge >= 0.3 is 5.97 Å². The number of benzene rings is 1. The normalized spacial score (nSPS) is 21.1. The molecule has 1 aliphatic rings. The molecule has 1 unspecified atom stereocenters.